The van der Waals surface area contributed by atoms with Crippen LogP contribution in [0.25, 0.3) is 10.9 Å². The molecular weight excluding hydrogens is 442 g/mol. The Morgan fingerprint density at radius 2 is 1.84 bits per heavy atom. The van der Waals surface area contributed by atoms with Crippen molar-refractivity contribution < 1.29 is 4.79 Å². The maximum Gasteiger partial charge on any atom is 0.262 e. The van der Waals surface area contributed by atoms with Crippen LogP contribution in [0.4, 0.5) is 0 Å². The van der Waals surface area contributed by atoms with E-state index in [1.807, 2.05) is 56.0 Å². The molecule has 3 aromatic rings. The molecule has 0 aliphatic heterocycles. The third-order valence-electron chi connectivity index (χ3n) is 5.05. The summed E-state index contributed by atoms with van der Waals surface area (Å²) >= 11 is 7.43. The normalized spacial score (nSPS) is 11.8. The molecule has 0 saturated carbocycles. The number of rotatable bonds is 7. The van der Waals surface area contributed by atoms with Gasteiger partial charge in [0, 0.05) is 23.7 Å². The molecule has 0 atom stereocenters. The average molecular weight is 472 g/mol. The third-order valence-corrected chi connectivity index (χ3v) is 6.25. The summed E-state index contributed by atoms with van der Waals surface area (Å²) in [6.45, 7) is 11.3. The molecule has 1 aromatic heterocycles. The van der Waals surface area contributed by atoms with Crippen molar-refractivity contribution in [3.8, 4) is 0 Å². The van der Waals surface area contributed by atoms with E-state index < -0.39 is 0 Å². The van der Waals surface area contributed by atoms with E-state index in [0.29, 0.717) is 34.2 Å². The van der Waals surface area contributed by atoms with Crippen molar-refractivity contribution in [1.82, 2.24) is 14.5 Å². The number of thioether (sulfide) groups is 1. The summed E-state index contributed by atoms with van der Waals surface area (Å²) in [5.41, 5.74) is 1.19. The Morgan fingerprint density at radius 1 is 1.16 bits per heavy atom. The zero-order valence-corrected chi connectivity index (χ0v) is 20.8. The van der Waals surface area contributed by atoms with Gasteiger partial charge in [-0.05, 0) is 50.5 Å². The maximum absolute atomic E-state index is 13.3. The summed E-state index contributed by atoms with van der Waals surface area (Å²) in [6, 6.07) is 15.1. The highest BCUT2D eigenvalue weighted by Crippen LogP contribution is 2.24. The molecule has 7 heteroatoms. The highest BCUT2D eigenvalue weighted by Gasteiger charge is 2.27. The number of amides is 1. The number of aromatic nitrogens is 2. The van der Waals surface area contributed by atoms with Crippen LogP contribution in [0.2, 0.25) is 5.02 Å². The van der Waals surface area contributed by atoms with Gasteiger partial charge in [-0.3, -0.25) is 14.2 Å². The van der Waals surface area contributed by atoms with Crippen molar-refractivity contribution in [3.05, 3.63) is 69.5 Å². The van der Waals surface area contributed by atoms with Crippen LogP contribution in [0.1, 0.15) is 40.2 Å². The van der Waals surface area contributed by atoms with E-state index in [0.717, 1.165) is 5.56 Å². The number of benzene rings is 2. The SMILES string of the molecule is CC(C)Cn1c(SCC(=O)N(Cc2ccccc2)C(C)(C)C)nc2cc(Cl)ccc2c1=O. The molecule has 1 amide bonds. The molecule has 170 valence electrons. The van der Waals surface area contributed by atoms with Gasteiger partial charge in [0.2, 0.25) is 5.91 Å². The zero-order valence-electron chi connectivity index (χ0n) is 19.3. The number of carbonyl (C=O) groups is 1. The number of nitrogens with zero attached hydrogens (tertiary/aromatic N) is 3. The van der Waals surface area contributed by atoms with E-state index in [1.54, 1.807) is 22.8 Å². The van der Waals surface area contributed by atoms with Gasteiger partial charge in [-0.25, -0.2) is 4.98 Å². The first-order valence-corrected chi connectivity index (χ1v) is 12.1. The zero-order chi connectivity index (χ0) is 23.5. The lowest BCUT2D eigenvalue weighted by atomic mass is 10.0. The van der Waals surface area contributed by atoms with Crippen LogP contribution in [-0.4, -0.2) is 31.6 Å². The predicted molar refractivity (Wildman–Crippen MR) is 133 cm³/mol. The second-order valence-electron chi connectivity index (χ2n) is 9.29. The topological polar surface area (TPSA) is 55.2 Å². The fourth-order valence-corrected chi connectivity index (χ4v) is 4.53. The molecule has 2 aromatic carbocycles. The van der Waals surface area contributed by atoms with Crippen LogP contribution in [0.5, 0.6) is 0 Å². The molecule has 0 aliphatic rings. The van der Waals surface area contributed by atoms with E-state index in [9.17, 15) is 9.59 Å². The highest BCUT2D eigenvalue weighted by atomic mass is 35.5. The van der Waals surface area contributed by atoms with Gasteiger partial charge in [0.05, 0.1) is 16.7 Å². The van der Waals surface area contributed by atoms with E-state index in [4.69, 9.17) is 16.6 Å². The quantitative estimate of drug-likeness (QED) is 0.331. The Morgan fingerprint density at radius 3 is 2.47 bits per heavy atom. The summed E-state index contributed by atoms with van der Waals surface area (Å²) in [5, 5.41) is 1.60. The molecule has 0 unspecified atom stereocenters. The van der Waals surface area contributed by atoms with E-state index in [-0.39, 0.29) is 28.7 Å². The molecule has 0 saturated heterocycles. The number of halogens is 1. The van der Waals surface area contributed by atoms with Crippen LogP contribution in [0, 0.1) is 5.92 Å². The van der Waals surface area contributed by atoms with Gasteiger partial charge in [0.1, 0.15) is 0 Å². The largest absolute Gasteiger partial charge is 0.333 e. The summed E-state index contributed by atoms with van der Waals surface area (Å²) in [7, 11) is 0. The highest BCUT2D eigenvalue weighted by molar-refractivity contribution is 7.99. The minimum atomic E-state index is -0.338. The molecule has 5 nitrogen and oxygen atoms in total. The first kappa shape index (κ1) is 24.3. The molecule has 0 radical (unpaired) electrons. The van der Waals surface area contributed by atoms with Gasteiger partial charge in [0.25, 0.3) is 5.56 Å². The molecule has 0 bridgehead atoms. The van der Waals surface area contributed by atoms with Crippen LogP contribution in [0.3, 0.4) is 0 Å². The monoisotopic (exact) mass is 471 g/mol. The van der Waals surface area contributed by atoms with Crippen LogP contribution in [0.15, 0.2) is 58.5 Å². The molecular formula is C25H30ClN3O2S. The molecule has 0 N–H and O–H groups in total. The molecule has 3 rings (SSSR count). The summed E-state index contributed by atoms with van der Waals surface area (Å²) < 4.78 is 1.68. The Bertz CT molecular complexity index is 1150. The van der Waals surface area contributed by atoms with Crippen molar-refractivity contribution in [2.75, 3.05) is 5.75 Å². The van der Waals surface area contributed by atoms with Gasteiger partial charge in [-0.1, -0.05) is 67.5 Å². The second-order valence-corrected chi connectivity index (χ2v) is 10.7. The Kier molecular flexibility index (Phi) is 7.67. The first-order chi connectivity index (χ1) is 15.1. The lowest BCUT2D eigenvalue weighted by molar-refractivity contribution is -0.133. The van der Waals surface area contributed by atoms with Crippen molar-refractivity contribution in [3.63, 3.8) is 0 Å². The Balaban J connectivity index is 1.90. The van der Waals surface area contributed by atoms with E-state index in [1.165, 1.54) is 11.8 Å². The predicted octanol–water partition coefficient (Wildman–Crippen LogP) is 5.63. The molecule has 1 heterocycles. The lowest BCUT2D eigenvalue weighted by Crippen LogP contribution is -2.46. The minimum Gasteiger partial charge on any atom is -0.333 e. The number of carbonyl (C=O) groups excluding carboxylic acids is 1. The molecule has 0 aliphatic carbocycles. The summed E-state index contributed by atoms with van der Waals surface area (Å²) in [5.74, 6) is 0.460. The van der Waals surface area contributed by atoms with Gasteiger partial charge < -0.3 is 4.90 Å². The number of hydrogen-bond donors (Lipinski definition) is 0. The van der Waals surface area contributed by atoms with Crippen LogP contribution < -0.4 is 5.56 Å². The first-order valence-electron chi connectivity index (χ1n) is 10.7. The van der Waals surface area contributed by atoms with Gasteiger partial charge in [-0.2, -0.15) is 0 Å². The Labute approximate surface area is 198 Å². The standard InChI is InChI=1S/C25H30ClN3O2S/c1-17(2)14-28-23(31)20-12-11-19(26)13-21(20)27-24(28)32-16-22(30)29(25(3,4)5)15-18-9-7-6-8-10-18/h6-13,17H,14-16H2,1-5H3. The second kappa shape index (κ2) is 10.1. The third kappa shape index (κ3) is 5.93. The minimum absolute atomic E-state index is 0.00268. The molecule has 0 fully saturated rings. The fraction of sp³-hybridized carbons (Fsp3) is 0.400. The lowest BCUT2D eigenvalue weighted by Gasteiger charge is -2.36. The van der Waals surface area contributed by atoms with Crippen molar-refractivity contribution in [2.45, 2.75) is 58.4 Å². The fourth-order valence-electron chi connectivity index (χ4n) is 3.48. The molecule has 32 heavy (non-hydrogen) atoms. The maximum atomic E-state index is 13.3. The van der Waals surface area contributed by atoms with Gasteiger partial charge in [0.15, 0.2) is 5.16 Å². The summed E-state index contributed by atoms with van der Waals surface area (Å²) in [4.78, 5) is 33.0. The van der Waals surface area contributed by atoms with Crippen LogP contribution >= 0.6 is 23.4 Å². The van der Waals surface area contributed by atoms with Crippen molar-refractivity contribution in [2.24, 2.45) is 5.92 Å². The summed E-state index contributed by atoms with van der Waals surface area (Å²) in [6.07, 6.45) is 0. The van der Waals surface area contributed by atoms with Gasteiger partial charge >= 0.3 is 0 Å². The average Bonchev–Trinajstić information content (AvgIpc) is 2.72. The molecule has 0 spiro atoms. The smallest absolute Gasteiger partial charge is 0.262 e. The van der Waals surface area contributed by atoms with Gasteiger partial charge in [-0.15, -0.1) is 0 Å². The number of hydrogen-bond acceptors (Lipinski definition) is 4. The Hall–Kier alpha value is -2.31. The van der Waals surface area contributed by atoms with E-state index in [2.05, 4.69) is 13.8 Å². The van der Waals surface area contributed by atoms with E-state index >= 15 is 0 Å². The number of fused-ring (bicyclic) bond motifs is 1. The van der Waals surface area contributed by atoms with Crippen molar-refractivity contribution in [1.29, 1.82) is 0 Å². The van der Waals surface area contributed by atoms with Crippen LogP contribution in [-0.2, 0) is 17.9 Å². The van der Waals surface area contributed by atoms with Crippen molar-refractivity contribution >= 4 is 40.2 Å².